The minimum atomic E-state index is -0.452. The van der Waals surface area contributed by atoms with E-state index < -0.39 is 4.92 Å². The molecule has 0 aliphatic heterocycles. The maximum Gasteiger partial charge on any atom is 0.292 e. The fourth-order valence-corrected chi connectivity index (χ4v) is 1.61. The summed E-state index contributed by atoms with van der Waals surface area (Å²) in [5, 5.41) is 25.7. The van der Waals surface area contributed by atoms with Crippen LogP contribution in [-0.4, -0.2) is 25.1 Å². The predicted octanol–water partition coefficient (Wildman–Crippen LogP) is 1.73. The maximum absolute atomic E-state index is 10.9. The van der Waals surface area contributed by atoms with E-state index in [2.05, 4.69) is 10.6 Å². The summed E-state index contributed by atoms with van der Waals surface area (Å²) in [5.74, 6) is 0.334. The molecule has 6 heteroatoms. The molecule has 0 spiro atoms. The van der Waals surface area contributed by atoms with Gasteiger partial charge in [-0.25, -0.2) is 0 Å². The second-order valence-corrected chi connectivity index (χ2v) is 4.14. The molecule has 18 heavy (non-hydrogen) atoms. The molecule has 1 atom stereocenters. The highest BCUT2D eigenvalue weighted by Gasteiger charge is 2.14. The minimum Gasteiger partial charge on any atom is -0.379 e. The second-order valence-electron chi connectivity index (χ2n) is 4.14. The van der Waals surface area contributed by atoms with E-state index in [4.69, 9.17) is 5.26 Å². The van der Waals surface area contributed by atoms with Crippen molar-refractivity contribution >= 4 is 11.4 Å². The number of benzene rings is 1. The van der Waals surface area contributed by atoms with Crippen LogP contribution >= 0.6 is 0 Å². The third-order valence-corrected chi connectivity index (χ3v) is 2.52. The van der Waals surface area contributed by atoms with E-state index in [1.807, 2.05) is 20.0 Å². The third kappa shape index (κ3) is 3.71. The van der Waals surface area contributed by atoms with Gasteiger partial charge < -0.3 is 10.6 Å². The molecule has 0 aliphatic carbocycles. The van der Waals surface area contributed by atoms with Gasteiger partial charge in [-0.2, -0.15) is 5.26 Å². The zero-order chi connectivity index (χ0) is 13.5. The van der Waals surface area contributed by atoms with E-state index in [1.54, 1.807) is 0 Å². The van der Waals surface area contributed by atoms with Crippen molar-refractivity contribution in [1.29, 1.82) is 5.26 Å². The quantitative estimate of drug-likeness (QED) is 0.591. The lowest BCUT2D eigenvalue weighted by Crippen LogP contribution is -2.23. The molecule has 1 aromatic carbocycles. The molecule has 6 nitrogen and oxygen atoms in total. The molecule has 0 radical (unpaired) electrons. The molecule has 0 amide bonds. The Bertz CT molecular complexity index is 468. The van der Waals surface area contributed by atoms with Gasteiger partial charge in [0.2, 0.25) is 0 Å². The van der Waals surface area contributed by atoms with Crippen molar-refractivity contribution in [2.24, 2.45) is 5.92 Å². The van der Waals surface area contributed by atoms with E-state index in [0.717, 1.165) is 6.54 Å². The van der Waals surface area contributed by atoms with Gasteiger partial charge in [0.05, 0.1) is 16.6 Å². The number of nitrogens with zero attached hydrogens (tertiary/aromatic N) is 2. The minimum absolute atomic E-state index is 0.00865. The number of nitrogens with one attached hydrogen (secondary N) is 2. The molecule has 2 N–H and O–H groups in total. The second kappa shape index (κ2) is 6.57. The Morgan fingerprint density at radius 3 is 2.78 bits per heavy atom. The van der Waals surface area contributed by atoms with Crippen molar-refractivity contribution in [3.05, 3.63) is 33.9 Å². The van der Waals surface area contributed by atoms with Crippen molar-refractivity contribution in [3.63, 3.8) is 0 Å². The van der Waals surface area contributed by atoms with Gasteiger partial charge >= 0.3 is 0 Å². The highest BCUT2D eigenvalue weighted by Crippen LogP contribution is 2.25. The van der Waals surface area contributed by atoms with Crippen molar-refractivity contribution in [2.45, 2.75) is 6.92 Å². The molecular formula is C12H16N4O2. The summed E-state index contributed by atoms with van der Waals surface area (Å²) in [6.45, 7) is 3.46. The Hall–Kier alpha value is -2.13. The molecule has 96 valence electrons. The smallest absolute Gasteiger partial charge is 0.292 e. The van der Waals surface area contributed by atoms with E-state index in [9.17, 15) is 10.1 Å². The number of nitriles is 1. The van der Waals surface area contributed by atoms with Crippen molar-refractivity contribution in [1.82, 2.24) is 5.32 Å². The molecule has 1 rings (SSSR count). The van der Waals surface area contributed by atoms with Crippen molar-refractivity contribution < 1.29 is 4.92 Å². The number of hydrogen-bond donors (Lipinski definition) is 2. The Kier molecular flexibility index (Phi) is 5.08. The van der Waals surface area contributed by atoms with Crippen molar-refractivity contribution in [2.75, 3.05) is 25.5 Å². The van der Waals surface area contributed by atoms with Crippen LogP contribution in [0.2, 0.25) is 0 Å². The first kappa shape index (κ1) is 13.9. The average molecular weight is 248 g/mol. The lowest BCUT2D eigenvalue weighted by atomic mass is 10.1. The van der Waals surface area contributed by atoms with Gasteiger partial charge in [-0.05, 0) is 31.6 Å². The van der Waals surface area contributed by atoms with Gasteiger partial charge in [0.1, 0.15) is 5.69 Å². The summed E-state index contributed by atoms with van der Waals surface area (Å²) in [4.78, 5) is 10.4. The highest BCUT2D eigenvalue weighted by atomic mass is 16.6. The van der Waals surface area contributed by atoms with Gasteiger partial charge in [-0.15, -0.1) is 0 Å². The summed E-state index contributed by atoms with van der Waals surface area (Å²) in [6.07, 6.45) is 0. The van der Waals surface area contributed by atoms with Crippen LogP contribution in [0, 0.1) is 27.4 Å². The first-order valence-electron chi connectivity index (χ1n) is 5.65. The Labute approximate surface area is 106 Å². The normalized spacial score (nSPS) is 11.6. The predicted molar refractivity (Wildman–Crippen MR) is 69.4 cm³/mol. The first-order chi connectivity index (χ1) is 8.58. The molecule has 0 aromatic heterocycles. The number of anilines is 1. The van der Waals surface area contributed by atoms with Crippen LogP contribution in [0.25, 0.3) is 0 Å². The zero-order valence-electron chi connectivity index (χ0n) is 10.4. The zero-order valence-corrected chi connectivity index (χ0v) is 10.4. The van der Waals surface area contributed by atoms with E-state index >= 15 is 0 Å². The summed E-state index contributed by atoms with van der Waals surface area (Å²) in [5.41, 5.74) is 0.789. The molecular weight excluding hydrogens is 232 g/mol. The molecule has 1 unspecified atom stereocenters. The van der Waals surface area contributed by atoms with Gasteiger partial charge in [0.15, 0.2) is 0 Å². The number of hydrogen-bond acceptors (Lipinski definition) is 5. The number of rotatable bonds is 6. The third-order valence-electron chi connectivity index (χ3n) is 2.52. The van der Waals surface area contributed by atoms with Crippen LogP contribution in [0.3, 0.4) is 0 Å². The summed E-state index contributed by atoms with van der Waals surface area (Å²) in [7, 11) is 1.86. The van der Waals surface area contributed by atoms with Crippen LogP contribution in [0.1, 0.15) is 12.5 Å². The van der Waals surface area contributed by atoms with Gasteiger partial charge in [0, 0.05) is 12.6 Å². The van der Waals surface area contributed by atoms with Crippen molar-refractivity contribution in [3.8, 4) is 6.07 Å². The van der Waals surface area contributed by atoms with Gasteiger partial charge in [0.25, 0.3) is 5.69 Å². The van der Waals surface area contributed by atoms with Gasteiger partial charge in [-0.3, -0.25) is 10.1 Å². The summed E-state index contributed by atoms with van der Waals surface area (Å²) in [6, 6.07) is 6.27. The molecule has 0 fully saturated rings. The molecule has 1 aromatic rings. The number of nitro groups is 1. The van der Waals surface area contributed by atoms with Crippen LogP contribution < -0.4 is 10.6 Å². The highest BCUT2D eigenvalue weighted by molar-refractivity contribution is 5.64. The summed E-state index contributed by atoms with van der Waals surface area (Å²) >= 11 is 0. The molecule has 0 saturated heterocycles. The molecule has 0 heterocycles. The maximum atomic E-state index is 10.9. The first-order valence-corrected chi connectivity index (χ1v) is 5.65. The average Bonchev–Trinajstić information content (AvgIpc) is 2.36. The molecule has 0 saturated carbocycles. The monoisotopic (exact) mass is 248 g/mol. The Morgan fingerprint density at radius 2 is 2.22 bits per heavy atom. The topological polar surface area (TPSA) is 91.0 Å². The Morgan fingerprint density at radius 1 is 1.50 bits per heavy atom. The largest absolute Gasteiger partial charge is 0.379 e. The van der Waals surface area contributed by atoms with Crippen LogP contribution in [-0.2, 0) is 0 Å². The van der Waals surface area contributed by atoms with Gasteiger partial charge in [-0.1, -0.05) is 6.92 Å². The van der Waals surface area contributed by atoms with Crippen LogP contribution in [0.15, 0.2) is 18.2 Å². The fourth-order valence-electron chi connectivity index (χ4n) is 1.61. The lowest BCUT2D eigenvalue weighted by Gasteiger charge is -2.13. The van der Waals surface area contributed by atoms with E-state index in [0.29, 0.717) is 23.7 Å². The summed E-state index contributed by atoms with van der Waals surface area (Å²) < 4.78 is 0. The lowest BCUT2D eigenvalue weighted by molar-refractivity contribution is -0.384. The molecule has 0 bridgehead atoms. The SMILES string of the molecule is CNCC(C)CNc1cc(C#N)ccc1[N+](=O)[O-]. The number of nitro benzene ring substituents is 1. The van der Waals surface area contributed by atoms with E-state index in [1.165, 1.54) is 18.2 Å². The van der Waals surface area contributed by atoms with E-state index in [-0.39, 0.29) is 5.69 Å². The van der Waals surface area contributed by atoms with Crippen LogP contribution in [0.5, 0.6) is 0 Å². The fraction of sp³-hybridized carbons (Fsp3) is 0.417. The van der Waals surface area contributed by atoms with Crippen LogP contribution in [0.4, 0.5) is 11.4 Å². The molecule has 0 aliphatic rings. The Balaban J connectivity index is 2.85. The standard InChI is InChI=1S/C12H16N4O2/c1-9(7-14-2)8-15-11-5-10(6-13)3-4-12(11)16(17)18/h3-5,9,14-15H,7-8H2,1-2H3.